The fraction of sp³-hybridized carbons (Fsp3) is 0.316. The summed E-state index contributed by atoms with van der Waals surface area (Å²) in [7, 11) is 1.59. The highest BCUT2D eigenvalue weighted by molar-refractivity contribution is 5.78. The van der Waals surface area contributed by atoms with Crippen LogP contribution in [0.3, 0.4) is 0 Å². The second-order valence-electron chi connectivity index (χ2n) is 5.59. The Morgan fingerprint density at radius 1 is 1.13 bits per heavy atom. The van der Waals surface area contributed by atoms with Crippen LogP contribution < -0.4 is 14.8 Å². The molecule has 2 aromatic carbocycles. The topological polar surface area (TPSA) is 47.6 Å². The van der Waals surface area contributed by atoms with Gasteiger partial charge in [0.15, 0.2) is 18.1 Å². The van der Waals surface area contributed by atoms with Crippen molar-refractivity contribution in [3.05, 3.63) is 59.2 Å². The average molecular weight is 313 g/mol. The van der Waals surface area contributed by atoms with Crippen LogP contribution >= 0.6 is 0 Å². The van der Waals surface area contributed by atoms with Crippen molar-refractivity contribution in [2.45, 2.75) is 26.8 Å². The molecule has 1 amide bonds. The van der Waals surface area contributed by atoms with E-state index in [4.69, 9.17) is 9.47 Å². The van der Waals surface area contributed by atoms with E-state index in [-0.39, 0.29) is 18.6 Å². The van der Waals surface area contributed by atoms with Crippen LogP contribution in [0.15, 0.2) is 42.5 Å². The summed E-state index contributed by atoms with van der Waals surface area (Å²) in [6.45, 7) is 5.93. The fourth-order valence-corrected chi connectivity index (χ4v) is 2.47. The third-order valence-electron chi connectivity index (χ3n) is 3.71. The number of rotatable bonds is 6. The molecule has 4 nitrogen and oxygen atoms in total. The minimum Gasteiger partial charge on any atom is -0.493 e. The molecule has 0 aliphatic heterocycles. The van der Waals surface area contributed by atoms with Crippen LogP contribution in [0.2, 0.25) is 0 Å². The molecule has 0 spiro atoms. The summed E-state index contributed by atoms with van der Waals surface area (Å²) in [6.07, 6.45) is 0. The molecule has 4 heteroatoms. The maximum absolute atomic E-state index is 12.1. The van der Waals surface area contributed by atoms with Gasteiger partial charge < -0.3 is 14.8 Å². The maximum Gasteiger partial charge on any atom is 0.258 e. The summed E-state index contributed by atoms with van der Waals surface area (Å²) in [4.78, 5) is 12.1. The molecule has 0 aliphatic rings. The Hall–Kier alpha value is -2.49. The third kappa shape index (κ3) is 4.49. The van der Waals surface area contributed by atoms with Crippen molar-refractivity contribution in [1.29, 1.82) is 0 Å². The lowest BCUT2D eigenvalue weighted by Gasteiger charge is -2.17. The van der Waals surface area contributed by atoms with Gasteiger partial charge in [-0.1, -0.05) is 30.3 Å². The Kier molecular flexibility index (Phi) is 5.63. The van der Waals surface area contributed by atoms with E-state index >= 15 is 0 Å². The highest BCUT2D eigenvalue weighted by Gasteiger charge is 2.13. The zero-order chi connectivity index (χ0) is 16.8. The largest absolute Gasteiger partial charge is 0.493 e. The van der Waals surface area contributed by atoms with Gasteiger partial charge in [0.05, 0.1) is 13.2 Å². The quantitative estimate of drug-likeness (QED) is 0.887. The highest BCUT2D eigenvalue weighted by atomic mass is 16.5. The van der Waals surface area contributed by atoms with Gasteiger partial charge in [-0.25, -0.2) is 0 Å². The zero-order valence-corrected chi connectivity index (χ0v) is 14.1. The lowest BCUT2D eigenvalue weighted by Crippen LogP contribution is -2.31. The van der Waals surface area contributed by atoms with E-state index in [9.17, 15) is 4.79 Å². The molecule has 1 atom stereocenters. The van der Waals surface area contributed by atoms with Crippen LogP contribution in [0, 0.1) is 13.8 Å². The van der Waals surface area contributed by atoms with Crippen molar-refractivity contribution >= 4 is 5.91 Å². The van der Waals surface area contributed by atoms with E-state index in [0.717, 1.165) is 16.7 Å². The van der Waals surface area contributed by atoms with Crippen LogP contribution in [0.5, 0.6) is 11.5 Å². The molecular weight excluding hydrogens is 290 g/mol. The van der Waals surface area contributed by atoms with Gasteiger partial charge in [0.1, 0.15) is 0 Å². The average Bonchev–Trinajstić information content (AvgIpc) is 2.53. The molecule has 2 aromatic rings. The number of nitrogens with one attached hydrogen (secondary N) is 1. The van der Waals surface area contributed by atoms with Gasteiger partial charge in [-0.15, -0.1) is 0 Å². The van der Waals surface area contributed by atoms with E-state index < -0.39 is 0 Å². The summed E-state index contributed by atoms with van der Waals surface area (Å²) in [5, 5.41) is 2.95. The second-order valence-corrected chi connectivity index (χ2v) is 5.59. The molecule has 0 bridgehead atoms. The molecule has 122 valence electrons. The number of carbonyl (C=O) groups is 1. The van der Waals surface area contributed by atoms with Crippen LogP contribution in [-0.4, -0.2) is 19.6 Å². The number of hydrogen-bond donors (Lipinski definition) is 1. The van der Waals surface area contributed by atoms with Crippen molar-refractivity contribution in [3.63, 3.8) is 0 Å². The summed E-state index contributed by atoms with van der Waals surface area (Å²) in [5.41, 5.74) is 3.34. The fourth-order valence-electron chi connectivity index (χ4n) is 2.47. The molecule has 0 fully saturated rings. The molecule has 0 aliphatic carbocycles. The smallest absolute Gasteiger partial charge is 0.258 e. The van der Waals surface area contributed by atoms with E-state index in [1.807, 2.05) is 63.2 Å². The van der Waals surface area contributed by atoms with E-state index in [1.165, 1.54) is 0 Å². The molecule has 0 saturated carbocycles. The van der Waals surface area contributed by atoms with Crippen molar-refractivity contribution in [2.24, 2.45) is 0 Å². The summed E-state index contributed by atoms with van der Waals surface area (Å²) in [6, 6.07) is 13.6. The molecule has 0 heterocycles. The lowest BCUT2D eigenvalue weighted by molar-refractivity contribution is -0.123. The van der Waals surface area contributed by atoms with Crippen molar-refractivity contribution in [2.75, 3.05) is 13.7 Å². The first-order valence-corrected chi connectivity index (χ1v) is 7.63. The van der Waals surface area contributed by atoms with Gasteiger partial charge >= 0.3 is 0 Å². The Morgan fingerprint density at radius 2 is 1.87 bits per heavy atom. The summed E-state index contributed by atoms with van der Waals surface area (Å²) >= 11 is 0. The van der Waals surface area contributed by atoms with Gasteiger partial charge in [0.25, 0.3) is 5.91 Å². The molecule has 2 rings (SSSR count). The third-order valence-corrected chi connectivity index (χ3v) is 3.71. The first-order chi connectivity index (χ1) is 11.0. The van der Waals surface area contributed by atoms with Crippen LogP contribution in [0.25, 0.3) is 0 Å². The SMILES string of the molecule is COc1cc(C)ccc1OCC(=O)N[C@@H](C)c1ccccc1C. The van der Waals surface area contributed by atoms with Crippen LogP contribution in [-0.2, 0) is 4.79 Å². The van der Waals surface area contributed by atoms with Crippen LogP contribution in [0.1, 0.15) is 29.7 Å². The summed E-state index contributed by atoms with van der Waals surface area (Å²) < 4.78 is 10.8. The molecule has 0 aromatic heterocycles. The maximum atomic E-state index is 12.1. The molecule has 0 saturated heterocycles. The number of methoxy groups -OCH3 is 1. The minimum atomic E-state index is -0.164. The van der Waals surface area contributed by atoms with Crippen molar-refractivity contribution in [1.82, 2.24) is 5.32 Å². The summed E-state index contributed by atoms with van der Waals surface area (Å²) in [5.74, 6) is 1.03. The van der Waals surface area contributed by atoms with Crippen molar-refractivity contribution < 1.29 is 14.3 Å². The Labute approximate surface area is 137 Å². The minimum absolute atomic E-state index is 0.0460. The number of hydrogen-bond acceptors (Lipinski definition) is 3. The number of amides is 1. The van der Waals surface area contributed by atoms with E-state index in [0.29, 0.717) is 11.5 Å². The normalized spacial score (nSPS) is 11.7. The number of aryl methyl sites for hydroxylation is 2. The predicted octanol–water partition coefficient (Wildman–Crippen LogP) is 3.57. The monoisotopic (exact) mass is 313 g/mol. The van der Waals surface area contributed by atoms with E-state index in [1.54, 1.807) is 7.11 Å². The molecule has 1 N–H and O–H groups in total. The van der Waals surface area contributed by atoms with Gasteiger partial charge in [-0.05, 0) is 49.6 Å². The molecule has 0 unspecified atom stereocenters. The lowest BCUT2D eigenvalue weighted by atomic mass is 10.0. The van der Waals surface area contributed by atoms with Gasteiger partial charge in [0, 0.05) is 0 Å². The van der Waals surface area contributed by atoms with E-state index in [2.05, 4.69) is 5.32 Å². The number of ether oxygens (including phenoxy) is 2. The zero-order valence-electron chi connectivity index (χ0n) is 14.1. The van der Waals surface area contributed by atoms with Gasteiger partial charge in [0.2, 0.25) is 0 Å². The van der Waals surface area contributed by atoms with Crippen molar-refractivity contribution in [3.8, 4) is 11.5 Å². The van der Waals surface area contributed by atoms with Gasteiger partial charge in [-0.3, -0.25) is 4.79 Å². The molecule has 23 heavy (non-hydrogen) atoms. The Bertz CT molecular complexity index is 682. The van der Waals surface area contributed by atoms with Gasteiger partial charge in [-0.2, -0.15) is 0 Å². The Morgan fingerprint density at radius 3 is 2.57 bits per heavy atom. The number of carbonyl (C=O) groups excluding carboxylic acids is 1. The van der Waals surface area contributed by atoms with Crippen LogP contribution in [0.4, 0.5) is 0 Å². The standard InChI is InChI=1S/C19H23NO3/c1-13-9-10-17(18(11-13)22-4)23-12-19(21)20-15(3)16-8-6-5-7-14(16)2/h5-11,15H,12H2,1-4H3,(H,20,21)/t15-/m0/s1. The molecule has 0 radical (unpaired) electrons. The highest BCUT2D eigenvalue weighted by Crippen LogP contribution is 2.27. The molecular formula is C19H23NO3. The first-order valence-electron chi connectivity index (χ1n) is 7.63. The number of benzene rings is 2. The Balaban J connectivity index is 1.94. The predicted molar refractivity (Wildman–Crippen MR) is 91.0 cm³/mol. The first kappa shape index (κ1) is 16.9. The second kappa shape index (κ2) is 7.68.